The van der Waals surface area contributed by atoms with Gasteiger partial charge in [-0.05, 0) is 24.3 Å². The first-order chi connectivity index (χ1) is 11.7. The average molecular weight is 348 g/mol. The largest absolute Gasteiger partial charge is 0.507 e. The number of hydrogen-bond acceptors (Lipinski definition) is 3. The first-order valence-electron chi connectivity index (χ1n) is 7.05. The molecule has 0 fully saturated rings. The maximum absolute atomic E-state index is 12.8. The van der Waals surface area contributed by atoms with Gasteiger partial charge < -0.3 is 15.4 Å². The number of amides is 1. The minimum absolute atomic E-state index is 0.143. The lowest BCUT2D eigenvalue weighted by Gasteiger charge is -2.15. The molecule has 0 spiro atoms. The van der Waals surface area contributed by atoms with E-state index in [0.29, 0.717) is 5.52 Å². The van der Waals surface area contributed by atoms with Crippen LogP contribution < -0.4 is 11.2 Å². The van der Waals surface area contributed by atoms with Gasteiger partial charge in [-0.25, -0.2) is 0 Å². The van der Waals surface area contributed by atoms with Gasteiger partial charge in [0, 0.05) is 23.3 Å². The van der Waals surface area contributed by atoms with Crippen LogP contribution in [-0.4, -0.2) is 15.6 Å². The lowest BCUT2D eigenvalue weighted by molar-refractivity contribution is -0.138. The molecule has 0 atom stereocenters. The number of halogens is 3. The number of fused-ring (bicyclic) bond motifs is 1. The summed E-state index contributed by atoms with van der Waals surface area (Å²) in [4.78, 5) is 23.8. The summed E-state index contributed by atoms with van der Waals surface area (Å²) in [6.07, 6.45) is -3.55. The van der Waals surface area contributed by atoms with Crippen LogP contribution in [0.4, 0.5) is 13.2 Å². The van der Waals surface area contributed by atoms with E-state index < -0.39 is 28.8 Å². The number of aromatic nitrogens is 1. The fourth-order valence-corrected chi connectivity index (χ4v) is 2.58. The summed E-state index contributed by atoms with van der Waals surface area (Å²) in [5, 5.41) is 9.89. The molecule has 0 bridgehead atoms. The smallest absolute Gasteiger partial charge is 0.419 e. The topological polar surface area (TPSA) is 85.3 Å². The molecule has 25 heavy (non-hydrogen) atoms. The summed E-state index contributed by atoms with van der Waals surface area (Å²) in [6.45, 7) is 0. The van der Waals surface area contributed by atoms with Crippen molar-refractivity contribution in [2.45, 2.75) is 6.18 Å². The van der Waals surface area contributed by atoms with Crippen LogP contribution >= 0.6 is 0 Å². The van der Waals surface area contributed by atoms with E-state index in [0.717, 1.165) is 24.4 Å². The van der Waals surface area contributed by atoms with E-state index in [1.807, 2.05) is 0 Å². The summed E-state index contributed by atoms with van der Waals surface area (Å²) in [5.74, 6) is -1.92. The molecule has 128 valence electrons. The molecule has 0 aliphatic carbocycles. The molecule has 0 aliphatic heterocycles. The molecule has 0 aliphatic rings. The molecule has 0 unspecified atom stereocenters. The summed E-state index contributed by atoms with van der Waals surface area (Å²) in [7, 11) is 0. The Morgan fingerprint density at radius 1 is 1.12 bits per heavy atom. The molecule has 3 rings (SSSR count). The van der Waals surface area contributed by atoms with Gasteiger partial charge in [-0.15, -0.1) is 0 Å². The molecule has 2 aromatic carbocycles. The number of alkyl halides is 3. The first kappa shape index (κ1) is 16.6. The van der Waals surface area contributed by atoms with Crippen molar-refractivity contribution in [2.75, 3.05) is 0 Å². The number of benzene rings is 2. The molecule has 1 heterocycles. The molecule has 0 radical (unpaired) electrons. The second-order valence-corrected chi connectivity index (χ2v) is 5.32. The third kappa shape index (κ3) is 2.82. The number of primary amides is 1. The number of hydrogen-bond donors (Lipinski definition) is 2. The Kier molecular flexibility index (Phi) is 3.75. The van der Waals surface area contributed by atoms with Gasteiger partial charge in [0.25, 0.3) is 5.91 Å². The third-order valence-electron chi connectivity index (χ3n) is 3.74. The van der Waals surface area contributed by atoms with Crippen molar-refractivity contribution >= 4 is 16.8 Å². The molecule has 1 amide bonds. The van der Waals surface area contributed by atoms with Crippen LogP contribution in [0.15, 0.2) is 53.5 Å². The van der Waals surface area contributed by atoms with Crippen molar-refractivity contribution in [1.29, 1.82) is 0 Å². The Balaban J connectivity index is 2.33. The quantitative estimate of drug-likeness (QED) is 0.747. The molecule has 0 saturated heterocycles. The van der Waals surface area contributed by atoms with Crippen LogP contribution in [0.25, 0.3) is 16.6 Å². The number of carbonyl (C=O) groups excluding carboxylic acids is 1. The van der Waals surface area contributed by atoms with E-state index in [4.69, 9.17) is 5.73 Å². The molecule has 3 N–H and O–H groups in total. The summed E-state index contributed by atoms with van der Waals surface area (Å²) < 4.78 is 39.7. The fourth-order valence-electron chi connectivity index (χ4n) is 2.58. The van der Waals surface area contributed by atoms with Crippen molar-refractivity contribution in [2.24, 2.45) is 5.73 Å². The van der Waals surface area contributed by atoms with Crippen molar-refractivity contribution in [1.82, 2.24) is 4.57 Å². The highest BCUT2D eigenvalue weighted by molar-refractivity contribution is 5.96. The number of phenols is 1. The minimum Gasteiger partial charge on any atom is -0.507 e. The van der Waals surface area contributed by atoms with Gasteiger partial charge in [0.1, 0.15) is 11.3 Å². The fraction of sp³-hybridized carbons (Fsp3) is 0.0588. The molecular formula is C17H11F3N2O3. The highest BCUT2D eigenvalue weighted by Crippen LogP contribution is 2.36. The maximum Gasteiger partial charge on any atom is 0.419 e. The van der Waals surface area contributed by atoms with Gasteiger partial charge >= 0.3 is 6.18 Å². The monoisotopic (exact) mass is 348 g/mol. The Hall–Kier alpha value is -3.29. The van der Waals surface area contributed by atoms with E-state index in [1.165, 1.54) is 10.6 Å². The minimum atomic E-state index is -4.70. The molecule has 0 saturated carbocycles. The normalized spacial score (nSPS) is 11.6. The Bertz CT molecular complexity index is 1060. The highest BCUT2D eigenvalue weighted by atomic mass is 19.4. The van der Waals surface area contributed by atoms with Gasteiger partial charge in [0.15, 0.2) is 0 Å². The van der Waals surface area contributed by atoms with E-state index >= 15 is 0 Å². The lowest BCUT2D eigenvalue weighted by atomic mass is 10.1. The number of phenolic OH excluding ortho intramolecular Hbond substituents is 1. The van der Waals surface area contributed by atoms with E-state index in [9.17, 15) is 27.9 Å². The summed E-state index contributed by atoms with van der Waals surface area (Å²) >= 11 is 0. The predicted octanol–water partition coefficient (Wildman–Crippen LogP) is 2.81. The van der Waals surface area contributed by atoms with Crippen LogP contribution in [-0.2, 0) is 6.18 Å². The molecule has 1 aromatic heterocycles. The van der Waals surface area contributed by atoms with Crippen molar-refractivity contribution in [3.05, 3.63) is 70.0 Å². The SMILES string of the molecule is NC(=O)c1cn(-c2ccc(C(F)(F)F)c(O)c2)c2ccccc2c1=O. The van der Waals surface area contributed by atoms with Gasteiger partial charge in [0.05, 0.1) is 11.1 Å². The molecule has 5 nitrogen and oxygen atoms in total. The van der Waals surface area contributed by atoms with Crippen LogP contribution in [0.2, 0.25) is 0 Å². The Morgan fingerprint density at radius 3 is 2.40 bits per heavy atom. The lowest BCUT2D eigenvalue weighted by Crippen LogP contribution is -2.23. The summed E-state index contributed by atoms with van der Waals surface area (Å²) in [5.41, 5.74) is 3.65. The van der Waals surface area contributed by atoms with E-state index in [1.54, 1.807) is 18.2 Å². The number of pyridine rings is 1. The zero-order valence-corrected chi connectivity index (χ0v) is 12.5. The number of nitrogens with two attached hydrogens (primary N) is 1. The second kappa shape index (κ2) is 5.66. The average Bonchev–Trinajstić information content (AvgIpc) is 2.54. The zero-order valence-electron chi connectivity index (χ0n) is 12.5. The van der Waals surface area contributed by atoms with Crippen LogP contribution in [0.1, 0.15) is 15.9 Å². The van der Waals surface area contributed by atoms with Crippen LogP contribution in [0, 0.1) is 0 Å². The number of para-hydroxylation sites is 1. The van der Waals surface area contributed by atoms with Crippen molar-refractivity contribution in [3.8, 4) is 11.4 Å². The van der Waals surface area contributed by atoms with E-state index in [-0.39, 0.29) is 16.6 Å². The maximum atomic E-state index is 12.8. The van der Waals surface area contributed by atoms with Gasteiger partial charge in [-0.2, -0.15) is 13.2 Å². The number of rotatable bonds is 2. The van der Waals surface area contributed by atoms with Gasteiger partial charge in [-0.1, -0.05) is 12.1 Å². The summed E-state index contributed by atoms with van der Waals surface area (Å²) in [6, 6.07) is 9.02. The number of aromatic hydroxyl groups is 1. The third-order valence-corrected chi connectivity index (χ3v) is 3.74. The molecule has 3 aromatic rings. The second-order valence-electron chi connectivity index (χ2n) is 5.32. The molecular weight excluding hydrogens is 337 g/mol. The highest BCUT2D eigenvalue weighted by Gasteiger charge is 2.33. The van der Waals surface area contributed by atoms with E-state index in [2.05, 4.69) is 0 Å². The van der Waals surface area contributed by atoms with Crippen LogP contribution in [0.5, 0.6) is 5.75 Å². The van der Waals surface area contributed by atoms with Crippen molar-refractivity contribution in [3.63, 3.8) is 0 Å². The van der Waals surface area contributed by atoms with Gasteiger partial charge in [-0.3, -0.25) is 9.59 Å². The number of carbonyl (C=O) groups is 1. The predicted molar refractivity (Wildman–Crippen MR) is 84.7 cm³/mol. The van der Waals surface area contributed by atoms with Crippen molar-refractivity contribution < 1.29 is 23.1 Å². The Morgan fingerprint density at radius 2 is 1.80 bits per heavy atom. The zero-order chi connectivity index (χ0) is 18.4. The number of nitrogens with zero attached hydrogens (tertiary/aromatic N) is 1. The Labute approximate surface area is 138 Å². The first-order valence-corrected chi connectivity index (χ1v) is 7.05. The van der Waals surface area contributed by atoms with Crippen LogP contribution in [0.3, 0.4) is 0 Å². The molecule has 8 heteroatoms. The van der Waals surface area contributed by atoms with Gasteiger partial charge in [0.2, 0.25) is 5.43 Å². The standard InChI is InChI=1S/C17H11F3N2O3/c18-17(19,20)12-6-5-9(7-14(12)23)22-8-11(16(21)25)15(24)10-3-1-2-4-13(10)22/h1-8,23H,(H2,21,25).